The Bertz CT molecular complexity index is 348. The molecular weight excluding hydrogens is 231 g/mol. The molecule has 2 atom stereocenters. The van der Waals surface area contributed by atoms with Crippen LogP contribution in [0, 0.1) is 0 Å². The zero-order chi connectivity index (χ0) is 10.8. The summed E-state index contributed by atoms with van der Waals surface area (Å²) in [5.74, 6) is 0. The molecule has 0 amide bonds. The molecule has 1 fully saturated rings. The number of hydrogen-bond donors (Lipinski definition) is 2. The van der Waals surface area contributed by atoms with Gasteiger partial charge in [0.15, 0.2) is 0 Å². The van der Waals surface area contributed by atoms with E-state index in [4.69, 9.17) is 28.9 Å². The summed E-state index contributed by atoms with van der Waals surface area (Å²) >= 11 is 12.0. The van der Waals surface area contributed by atoms with Gasteiger partial charge in [0.05, 0.1) is 0 Å². The molecule has 2 rings (SSSR count). The third kappa shape index (κ3) is 2.45. The van der Waals surface area contributed by atoms with Crippen LogP contribution in [0.3, 0.4) is 0 Å². The molecule has 1 heterocycles. The summed E-state index contributed by atoms with van der Waals surface area (Å²) in [5.41, 5.74) is 7.13. The van der Waals surface area contributed by atoms with Gasteiger partial charge in [0.2, 0.25) is 0 Å². The van der Waals surface area contributed by atoms with Gasteiger partial charge in [-0.1, -0.05) is 29.3 Å². The minimum Gasteiger partial charge on any atom is -0.323 e. The van der Waals surface area contributed by atoms with Crippen LogP contribution in [0.1, 0.15) is 24.4 Å². The molecule has 1 aromatic rings. The monoisotopic (exact) mass is 244 g/mol. The molecular formula is C11H14Cl2N2. The van der Waals surface area contributed by atoms with Crippen molar-refractivity contribution < 1.29 is 0 Å². The van der Waals surface area contributed by atoms with Gasteiger partial charge in [-0.05, 0) is 37.1 Å². The van der Waals surface area contributed by atoms with Gasteiger partial charge in [-0.2, -0.15) is 0 Å². The fourth-order valence-electron chi connectivity index (χ4n) is 2.01. The topological polar surface area (TPSA) is 38.0 Å². The van der Waals surface area contributed by atoms with Gasteiger partial charge >= 0.3 is 0 Å². The molecule has 2 unspecified atom stereocenters. The predicted molar refractivity (Wildman–Crippen MR) is 64.4 cm³/mol. The molecule has 0 saturated carbocycles. The standard InChI is InChI=1S/C11H14Cl2N2/c12-7-3-4-8(9(13)6-7)11(14)10-2-1-5-15-10/h3-4,6,10-11,15H,1-2,5,14H2. The van der Waals surface area contributed by atoms with E-state index in [1.54, 1.807) is 6.07 Å². The first-order chi connectivity index (χ1) is 7.18. The van der Waals surface area contributed by atoms with Crippen LogP contribution in [0.4, 0.5) is 0 Å². The summed E-state index contributed by atoms with van der Waals surface area (Å²) in [6, 6.07) is 5.78. The van der Waals surface area contributed by atoms with E-state index in [2.05, 4.69) is 5.32 Å². The summed E-state index contributed by atoms with van der Waals surface area (Å²) in [5, 5.41) is 4.68. The Hall–Kier alpha value is -0.280. The largest absolute Gasteiger partial charge is 0.323 e. The molecule has 2 nitrogen and oxygen atoms in total. The highest BCUT2D eigenvalue weighted by Crippen LogP contribution is 2.29. The van der Waals surface area contributed by atoms with Gasteiger partial charge in [-0.3, -0.25) is 0 Å². The maximum Gasteiger partial charge on any atom is 0.0469 e. The second kappa shape index (κ2) is 4.71. The molecule has 0 aromatic heterocycles. The van der Waals surface area contributed by atoms with Gasteiger partial charge in [-0.15, -0.1) is 0 Å². The molecule has 0 bridgehead atoms. The van der Waals surface area contributed by atoms with Crippen molar-refractivity contribution >= 4 is 23.2 Å². The lowest BCUT2D eigenvalue weighted by Gasteiger charge is -2.20. The van der Waals surface area contributed by atoms with Crippen LogP contribution in [-0.2, 0) is 0 Å². The molecule has 1 aromatic carbocycles. The van der Waals surface area contributed by atoms with Crippen LogP contribution in [0.5, 0.6) is 0 Å². The third-order valence-electron chi connectivity index (χ3n) is 2.85. The highest BCUT2D eigenvalue weighted by atomic mass is 35.5. The van der Waals surface area contributed by atoms with E-state index in [0.717, 1.165) is 18.5 Å². The predicted octanol–water partition coefficient (Wildman–Crippen LogP) is 2.75. The Morgan fingerprint density at radius 3 is 2.80 bits per heavy atom. The zero-order valence-corrected chi connectivity index (χ0v) is 9.85. The van der Waals surface area contributed by atoms with Crippen LogP contribution in [0.25, 0.3) is 0 Å². The van der Waals surface area contributed by atoms with E-state index < -0.39 is 0 Å². The van der Waals surface area contributed by atoms with Crippen molar-refractivity contribution in [2.75, 3.05) is 6.54 Å². The highest BCUT2D eigenvalue weighted by Gasteiger charge is 2.24. The smallest absolute Gasteiger partial charge is 0.0469 e. The molecule has 0 radical (unpaired) electrons. The number of nitrogens with one attached hydrogen (secondary N) is 1. The van der Waals surface area contributed by atoms with Crippen LogP contribution in [-0.4, -0.2) is 12.6 Å². The van der Waals surface area contributed by atoms with Crippen LogP contribution < -0.4 is 11.1 Å². The van der Waals surface area contributed by atoms with E-state index in [0.29, 0.717) is 16.1 Å². The van der Waals surface area contributed by atoms with Crippen LogP contribution >= 0.6 is 23.2 Å². The maximum absolute atomic E-state index is 6.16. The maximum atomic E-state index is 6.16. The first-order valence-corrected chi connectivity index (χ1v) is 5.88. The van der Waals surface area contributed by atoms with E-state index in [9.17, 15) is 0 Å². The van der Waals surface area contributed by atoms with E-state index in [1.165, 1.54) is 6.42 Å². The minimum absolute atomic E-state index is 0.0442. The quantitative estimate of drug-likeness (QED) is 0.840. The van der Waals surface area contributed by atoms with Crippen molar-refractivity contribution in [2.45, 2.75) is 24.9 Å². The molecule has 0 spiro atoms. The fraction of sp³-hybridized carbons (Fsp3) is 0.455. The second-order valence-corrected chi connectivity index (χ2v) is 4.74. The van der Waals surface area contributed by atoms with Gasteiger partial charge in [-0.25, -0.2) is 0 Å². The molecule has 4 heteroatoms. The molecule has 1 aliphatic rings. The molecule has 3 N–H and O–H groups in total. The molecule has 82 valence electrons. The lowest BCUT2D eigenvalue weighted by atomic mass is 9.99. The Kier molecular flexibility index (Phi) is 3.52. The van der Waals surface area contributed by atoms with E-state index >= 15 is 0 Å². The number of rotatable bonds is 2. The Labute approximate surface area is 99.7 Å². The van der Waals surface area contributed by atoms with Crippen LogP contribution in [0.15, 0.2) is 18.2 Å². The van der Waals surface area contributed by atoms with Crippen LogP contribution in [0.2, 0.25) is 10.0 Å². The normalized spacial score (nSPS) is 23.0. The Morgan fingerprint density at radius 1 is 1.40 bits per heavy atom. The summed E-state index contributed by atoms with van der Waals surface area (Å²) < 4.78 is 0. The average Bonchev–Trinajstić information content (AvgIpc) is 2.69. The summed E-state index contributed by atoms with van der Waals surface area (Å²) in [7, 11) is 0. The number of halogens is 2. The van der Waals surface area contributed by atoms with Gasteiger partial charge < -0.3 is 11.1 Å². The Balaban J connectivity index is 2.20. The molecule has 1 aliphatic heterocycles. The van der Waals surface area contributed by atoms with Crippen molar-refractivity contribution in [3.63, 3.8) is 0 Å². The molecule has 15 heavy (non-hydrogen) atoms. The van der Waals surface area contributed by atoms with Gasteiger partial charge in [0.25, 0.3) is 0 Å². The summed E-state index contributed by atoms with van der Waals surface area (Å²) in [6.45, 7) is 1.05. The summed E-state index contributed by atoms with van der Waals surface area (Å²) in [4.78, 5) is 0. The molecule has 0 aliphatic carbocycles. The first-order valence-electron chi connectivity index (χ1n) is 5.12. The first kappa shape index (κ1) is 11.2. The lowest BCUT2D eigenvalue weighted by molar-refractivity contribution is 0.501. The van der Waals surface area contributed by atoms with Crippen molar-refractivity contribution in [1.29, 1.82) is 0 Å². The fourth-order valence-corrected chi connectivity index (χ4v) is 2.54. The average molecular weight is 245 g/mol. The van der Waals surface area contributed by atoms with Crippen molar-refractivity contribution in [3.8, 4) is 0 Å². The third-order valence-corrected chi connectivity index (χ3v) is 3.42. The van der Waals surface area contributed by atoms with E-state index in [1.807, 2.05) is 12.1 Å². The zero-order valence-electron chi connectivity index (χ0n) is 8.34. The van der Waals surface area contributed by atoms with Gasteiger partial charge in [0, 0.05) is 22.1 Å². The molecule has 1 saturated heterocycles. The van der Waals surface area contributed by atoms with Crippen molar-refractivity contribution in [2.24, 2.45) is 5.73 Å². The SMILES string of the molecule is NC(c1ccc(Cl)cc1Cl)C1CCCN1. The Morgan fingerprint density at radius 2 is 2.20 bits per heavy atom. The second-order valence-electron chi connectivity index (χ2n) is 3.89. The lowest BCUT2D eigenvalue weighted by Crippen LogP contribution is -2.34. The van der Waals surface area contributed by atoms with Crippen molar-refractivity contribution in [3.05, 3.63) is 33.8 Å². The number of hydrogen-bond acceptors (Lipinski definition) is 2. The van der Waals surface area contributed by atoms with Crippen molar-refractivity contribution in [1.82, 2.24) is 5.32 Å². The highest BCUT2D eigenvalue weighted by molar-refractivity contribution is 6.35. The van der Waals surface area contributed by atoms with E-state index in [-0.39, 0.29) is 6.04 Å². The minimum atomic E-state index is -0.0442. The van der Waals surface area contributed by atoms with Gasteiger partial charge in [0.1, 0.15) is 0 Å². The number of benzene rings is 1. The summed E-state index contributed by atoms with van der Waals surface area (Å²) in [6.07, 6.45) is 2.30. The number of nitrogens with two attached hydrogens (primary N) is 1.